The van der Waals surface area contributed by atoms with Crippen molar-refractivity contribution >= 4 is 17.9 Å². The maximum absolute atomic E-state index is 12.8. The summed E-state index contributed by atoms with van der Waals surface area (Å²) in [6, 6.07) is 11.3. The Morgan fingerprint density at radius 3 is 2.48 bits per heavy atom. The SMILES string of the molecule is CN=CC(c1ccc(C(=O)NC2CC2)c(C)c1)c1cc(C)c(=NCC2CCOCC2)cc(N2C3CCC2CC(O)C3)n1. The number of nitrogens with zero attached hydrogens (tertiary/aromatic N) is 4. The van der Waals surface area contributed by atoms with Crippen molar-refractivity contribution < 1.29 is 14.6 Å². The van der Waals surface area contributed by atoms with Crippen LogP contribution in [0, 0.1) is 19.8 Å². The molecule has 3 unspecified atom stereocenters. The van der Waals surface area contributed by atoms with E-state index in [0.29, 0.717) is 12.0 Å². The quantitative estimate of drug-likeness (QED) is 0.462. The van der Waals surface area contributed by atoms with Gasteiger partial charge in [-0.15, -0.1) is 0 Å². The second-order valence-electron chi connectivity index (χ2n) is 12.8. The minimum atomic E-state index is -0.242. The summed E-state index contributed by atoms with van der Waals surface area (Å²) >= 11 is 0. The van der Waals surface area contributed by atoms with Gasteiger partial charge in [-0.3, -0.25) is 14.8 Å². The molecule has 2 N–H and O–H groups in total. The molecule has 0 radical (unpaired) electrons. The summed E-state index contributed by atoms with van der Waals surface area (Å²) in [6.45, 7) is 6.55. The van der Waals surface area contributed by atoms with Crippen molar-refractivity contribution in [2.45, 2.75) is 95.4 Å². The first-order chi connectivity index (χ1) is 20.4. The summed E-state index contributed by atoms with van der Waals surface area (Å²) in [5.74, 6) is 1.31. The fourth-order valence-corrected chi connectivity index (χ4v) is 6.98. The second-order valence-corrected chi connectivity index (χ2v) is 12.8. The molecule has 42 heavy (non-hydrogen) atoms. The van der Waals surface area contributed by atoms with E-state index in [4.69, 9.17) is 14.7 Å². The van der Waals surface area contributed by atoms with E-state index in [-0.39, 0.29) is 30.0 Å². The van der Waals surface area contributed by atoms with Gasteiger partial charge in [-0.25, -0.2) is 4.98 Å². The van der Waals surface area contributed by atoms with Crippen LogP contribution in [0.15, 0.2) is 40.3 Å². The number of aliphatic hydroxyl groups is 1. The van der Waals surface area contributed by atoms with E-state index in [0.717, 1.165) is 110 Å². The van der Waals surface area contributed by atoms with Gasteiger partial charge in [-0.1, -0.05) is 12.1 Å². The maximum Gasteiger partial charge on any atom is 0.251 e. The van der Waals surface area contributed by atoms with E-state index >= 15 is 0 Å². The number of carbonyl (C=O) groups is 1. The molecule has 1 saturated carbocycles. The van der Waals surface area contributed by atoms with Crippen LogP contribution in [0.1, 0.15) is 90.0 Å². The Bertz CT molecular complexity index is 1380. The highest BCUT2D eigenvalue weighted by molar-refractivity contribution is 5.96. The number of carbonyl (C=O) groups excluding carboxylic acids is 1. The number of piperidine rings is 1. The number of aliphatic hydroxyl groups excluding tert-OH is 1. The zero-order valence-corrected chi connectivity index (χ0v) is 25.3. The number of nitrogens with one attached hydrogen (secondary N) is 1. The van der Waals surface area contributed by atoms with Crippen molar-refractivity contribution in [2.75, 3.05) is 31.7 Å². The number of hydrogen-bond acceptors (Lipinski definition) is 7. The molecule has 1 amide bonds. The number of fused-ring (bicyclic) bond motifs is 2. The van der Waals surface area contributed by atoms with Crippen molar-refractivity contribution in [2.24, 2.45) is 15.9 Å². The Labute approximate surface area is 249 Å². The van der Waals surface area contributed by atoms with Crippen LogP contribution < -0.4 is 15.6 Å². The van der Waals surface area contributed by atoms with E-state index in [1.165, 1.54) is 0 Å². The molecule has 1 aromatic heterocycles. The molecule has 3 atom stereocenters. The lowest BCUT2D eigenvalue weighted by Crippen LogP contribution is -2.45. The van der Waals surface area contributed by atoms with E-state index < -0.39 is 0 Å². The van der Waals surface area contributed by atoms with Gasteiger partial charge >= 0.3 is 0 Å². The van der Waals surface area contributed by atoms with Gasteiger partial charge in [-0.2, -0.15) is 0 Å². The maximum atomic E-state index is 12.8. The summed E-state index contributed by atoms with van der Waals surface area (Å²) in [4.78, 5) is 30.3. The largest absolute Gasteiger partial charge is 0.393 e. The van der Waals surface area contributed by atoms with Crippen molar-refractivity contribution in [1.82, 2.24) is 10.3 Å². The third-order valence-corrected chi connectivity index (χ3v) is 9.49. The van der Waals surface area contributed by atoms with Crippen LogP contribution in [0.4, 0.5) is 5.82 Å². The third-order valence-electron chi connectivity index (χ3n) is 9.49. The number of hydrogen-bond donors (Lipinski definition) is 2. The first kappa shape index (κ1) is 29.0. The van der Waals surface area contributed by atoms with Gasteiger partial charge in [0.2, 0.25) is 0 Å². The fourth-order valence-electron chi connectivity index (χ4n) is 6.98. The molecule has 8 heteroatoms. The van der Waals surface area contributed by atoms with Crippen molar-refractivity contribution in [3.63, 3.8) is 0 Å². The lowest BCUT2D eigenvalue weighted by atomic mass is 9.92. The highest BCUT2D eigenvalue weighted by atomic mass is 16.5. The van der Waals surface area contributed by atoms with Crippen LogP contribution in [0.3, 0.4) is 0 Å². The number of anilines is 1. The Hall–Kier alpha value is -3.10. The molecule has 4 fully saturated rings. The smallest absolute Gasteiger partial charge is 0.251 e. The number of aryl methyl sites for hydroxylation is 2. The highest BCUT2D eigenvalue weighted by Gasteiger charge is 2.41. The van der Waals surface area contributed by atoms with Crippen LogP contribution >= 0.6 is 0 Å². The average Bonchev–Trinajstić information content (AvgIpc) is 3.77. The van der Waals surface area contributed by atoms with E-state index in [9.17, 15) is 9.90 Å². The highest BCUT2D eigenvalue weighted by Crippen LogP contribution is 2.39. The molecule has 2 bridgehead atoms. The molecule has 8 nitrogen and oxygen atoms in total. The van der Waals surface area contributed by atoms with Crippen molar-refractivity contribution in [3.8, 4) is 0 Å². The predicted molar refractivity (Wildman–Crippen MR) is 165 cm³/mol. The average molecular weight is 572 g/mol. The van der Waals surface area contributed by atoms with E-state index in [2.05, 4.69) is 40.3 Å². The van der Waals surface area contributed by atoms with E-state index in [1.807, 2.05) is 25.3 Å². The van der Waals surface area contributed by atoms with Crippen LogP contribution in [0.25, 0.3) is 0 Å². The fraction of sp³-hybridized carbons (Fsp3) is 0.588. The molecule has 2 aromatic rings. The molecule has 3 aliphatic heterocycles. The van der Waals surface area contributed by atoms with Gasteiger partial charge in [-0.05, 0) is 100.0 Å². The zero-order valence-electron chi connectivity index (χ0n) is 25.3. The summed E-state index contributed by atoms with van der Waals surface area (Å²) in [5.41, 5.74) is 4.74. The van der Waals surface area contributed by atoms with Gasteiger partial charge in [0.1, 0.15) is 5.82 Å². The number of amides is 1. The molecule has 6 rings (SSSR count). The summed E-state index contributed by atoms with van der Waals surface area (Å²) in [7, 11) is 1.80. The Kier molecular flexibility index (Phi) is 8.72. The van der Waals surface area contributed by atoms with E-state index in [1.54, 1.807) is 7.05 Å². The third kappa shape index (κ3) is 6.45. The molecule has 0 spiro atoms. The molecule has 3 saturated heterocycles. The Morgan fingerprint density at radius 2 is 1.81 bits per heavy atom. The van der Waals surface area contributed by atoms with Crippen molar-refractivity contribution in [3.05, 3.63) is 63.6 Å². The minimum Gasteiger partial charge on any atom is -0.393 e. The van der Waals surface area contributed by atoms with Gasteiger partial charge < -0.3 is 20.1 Å². The topological polar surface area (TPSA) is 99.4 Å². The van der Waals surface area contributed by atoms with Crippen LogP contribution in [-0.4, -0.2) is 73.2 Å². The lowest BCUT2D eigenvalue weighted by molar-refractivity contribution is 0.0687. The predicted octanol–water partition coefficient (Wildman–Crippen LogP) is 4.24. The first-order valence-electron chi connectivity index (χ1n) is 15.8. The summed E-state index contributed by atoms with van der Waals surface area (Å²) < 4.78 is 5.57. The zero-order chi connectivity index (χ0) is 29.2. The lowest BCUT2D eigenvalue weighted by Gasteiger charge is -2.38. The Morgan fingerprint density at radius 1 is 1.07 bits per heavy atom. The van der Waals surface area contributed by atoms with Gasteiger partial charge in [0.15, 0.2) is 0 Å². The van der Waals surface area contributed by atoms with Gasteiger partial charge in [0, 0.05) is 62.8 Å². The van der Waals surface area contributed by atoms with Gasteiger partial charge in [0.25, 0.3) is 5.91 Å². The standard InChI is InChI=1S/C34H45N5O3/c1-21-14-24(4-9-29(21)34(41)37-25-5-6-25)30(20-35-3)32-15-22(2)31(36-19-23-10-12-42-13-11-23)18-33(38-32)39-26-7-8-27(39)17-28(40)16-26/h4,9,14-15,18,20,23,25-28,30,40H,5-8,10-13,16-17,19H2,1-3H3,(H,37,41). The minimum absolute atomic E-state index is 0.00293. The molecule has 4 aliphatic rings. The number of benzene rings is 1. The molecular weight excluding hydrogens is 526 g/mol. The van der Waals surface area contributed by atoms with Crippen molar-refractivity contribution in [1.29, 1.82) is 0 Å². The molecule has 224 valence electrons. The molecule has 1 aliphatic carbocycles. The first-order valence-corrected chi connectivity index (χ1v) is 15.8. The van der Waals surface area contributed by atoms with Crippen LogP contribution in [0.2, 0.25) is 0 Å². The number of rotatable bonds is 8. The second kappa shape index (κ2) is 12.6. The van der Waals surface area contributed by atoms with Gasteiger partial charge in [0.05, 0.1) is 23.1 Å². The summed E-state index contributed by atoms with van der Waals surface area (Å²) in [5, 5.41) is 14.6. The molecular formula is C34H45N5O3. The Balaban J connectivity index is 1.40. The molecule has 4 heterocycles. The molecule has 1 aromatic carbocycles. The monoisotopic (exact) mass is 571 g/mol. The normalized spacial score (nSPS) is 25.7. The van der Waals surface area contributed by atoms with Crippen LogP contribution in [0.5, 0.6) is 0 Å². The number of ether oxygens (including phenoxy) is 1. The number of aliphatic imine (C=N–C) groups is 1. The van der Waals surface area contributed by atoms with Crippen LogP contribution in [-0.2, 0) is 4.74 Å². The number of aromatic nitrogens is 1. The summed E-state index contributed by atoms with van der Waals surface area (Å²) in [6.07, 6.45) is 9.67.